The Kier molecular flexibility index (Phi) is 8.12. The third kappa shape index (κ3) is 7.46. The maximum absolute atomic E-state index is 12.2. The normalized spacial score (nSPS) is 10.3. The summed E-state index contributed by atoms with van der Waals surface area (Å²) in [6, 6.07) is 9.61. The Balaban J connectivity index is 2.48. The molecule has 116 valence electrons. The fraction of sp³-hybridized carbons (Fsp3) is 0.500. The number of benzene rings is 1. The summed E-state index contributed by atoms with van der Waals surface area (Å²) in [4.78, 5) is 24.9. The topological polar surface area (TPSA) is 89.4 Å². The zero-order valence-corrected chi connectivity index (χ0v) is 12.5. The summed E-state index contributed by atoms with van der Waals surface area (Å²) >= 11 is 0. The Morgan fingerprint density at radius 2 is 1.67 bits per heavy atom. The number of carbonyl (C=O) groups excluding carboxylic acids is 2. The minimum Gasteiger partial charge on any atom is -0.368 e. The molecule has 1 aromatic carbocycles. The number of carbonyl (C=O) groups is 2. The van der Waals surface area contributed by atoms with Crippen LogP contribution in [0, 0.1) is 0 Å². The highest BCUT2D eigenvalue weighted by atomic mass is 16.2. The molecule has 0 spiro atoms. The van der Waals surface area contributed by atoms with Gasteiger partial charge in [0.05, 0.1) is 6.54 Å². The lowest BCUT2D eigenvalue weighted by Crippen LogP contribution is -2.37. The first-order valence-corrected chi connectivity index (χ1v) is 7.43. The first-order chi connectivity index (χ1) is 10.1. The summed E-state index contributed by atoms with van der Waals surface area (Å²) in [5.74, 6) is -0.507. The van der Waals surface area contributed by atoms with Gasteiger partial charge in [0.15, 0.2) is 0 Å². The molecule has 1 rings (SSSR count). The van der Waals surface area contributed by atoms with Crippen LogP contribution in [0.25, 0.3) is 0 Å². The van der Waals surface area contributed by atoms with Gasteiger partial charge in [-0.15, -0.1) is 0 Å². The van der Waals surface area contributed by atoms with E-state index in [1.165, 1.54) is 4.90 Å². The molecule has 4 N–H and O–H groups in total. The molecule has 0 atom stereocenters. The van der Waals surface area contributed by atoms with Gasteiger partial charge in [-0.1, -0.05) is 43.2 Å². The molecule has 0 aliphatic carbocycles. The van der Waals surface area contributed by atoms with Crippen molar-refractivity contribution in [1.82, 2.24) is 4.90 Å². The Morgan fingerprint density at radius 1 is 1.00 bits per heavy atom. The van der Waals surface area contributed by atoms with Crippen LogP contribution in [0.1, 0.15) is 37.7 Å². The van der Waals surface area contributed by atoms with E-state index in [2.05, 4.69) is 0 Å². The SMILES string of the molecule is NCCCCCCC(=O)N(CC(N)=O)Cc1ccccc1. The summed E-state index contributed by atoms with van der Waals surface area (Å²) in [7, 11) is 0. The third-order valence-corrected chi connectivity index (χ3v) is 3.26. The molecule has 0 radical (unpaired) electrons. The van der Waals surface area contributed by atoms with E-state index in [-0.39, 0.29) is 12.5 Å². The summed E-state index contributed by atoms with van der Waals surface area (Å²) < 4.78 is 0. The Hall–Kier alpha value is -1.88. The van der Waals surface area contributed by atoms with E-state index < -0.39 is 5.91 Å². The van der Waals surface area contributed by atoms with Gasteiger partial charge in [0, 0.05) is 13.0 Å². The van der Waals surface area contributed by atoms with Gasteiger partial charge in [-0.25, -0.2) is 0 Å². The second-order valence-corrected chi connectivity index (χ2v) is 5.15. The number of nitrogens with two attached hydrogens (primary N) is 2. The van der Waals surface area contributed by atoms with E-state index in [9.17, 15) is 9.59 Å². The van der Waals surface area contributed by atoms with Gasteiger partial charge in [0.1, 0.15) is 0 Å². The number of hydrogen-bond acceptors (Lipinski definition) is 3. The van der Waals surface area contributed by atoms with Crippen molar-refractivity contribution in [3.8, 4) is 0 Å². The number of primary amides is 1. The highest BCUT2D eigenvalue weighted by Crippen LogP contribution is 2.09. The lowest BCUT2D eigenvalue weighted by molar-refractivity contribution is -0.135. The quantitative estimate of drug-likeness (QED) is 0.639. The monoisotopic (exact) mass is 291 g/mol. The Morgan fingerprint density at radius 3 is 2.29 bits per heavy atom. The highest BCUT2D eigenvalue weighted by molar-refractivity contribution is 5.83. The van der Waals surface area contributed by atoms with Crippen LogP contribution in [0.4, 0.5) is 0 Å². The average molecular weight is 291 g/mol. The number of nitrogens with zero attached hydrogens (tertiary/aromatic N) is 1. The second kappa shape index (κ2) is 9.94. The molecule has 0 fully saturated rings. The molecule has 0 aromatic heterocycles. The van der Waals surface area contributed by atoms with Crippen molar-refractivity contribution in [2.45, 2.75) is 38.6 Å². The van der Waals surface area contributed by atoms with Crippen molar-refractivity contribution >= 4 is 11.8 Å². The number of rotatable bonds is 10. The van der Waals surface area contributed by atoms with E-state index in [1.54, 1.807) is 0 Å². The molecule has 0 aliphatic heterocycles. The molecule has 0 aliphatic rings. The fourth-order valence-corrected chi connectivity index (χ4v) is 2.16. The van der Waals surface area contributed by atoms with Crippen LogP contribution in [0.5, 0.6) is 0 Å². The Labute approximate surface area is 126 Å². The van der Waals surface area contributed by atoms with Crippen molar-refractivity contribution in [1.29, 1.82) is 0 Å². The molecule has 0 saturated carbocycles. The van der Waals surface area contributed by atoms with Gasteiger partial charge in [-0.2, -0.15) is 0 Å². The summed E-state index contributed by atoms with van der Waals surface area (Å²) in [6.07, 6.45) is 4.29. The van der Waals surface area contributed by atoms with Crippen LogP contribution in [0.3, 0.4) is 0 Å². The maximum atomic E-state index is 12.2. The predicted octanol–water partition coefficient (Wildman–Crippen LogP) is 1.41. The molecule has 2 amide bonds. The first kappa shape index (κ1) is 17.2. The molecule has 5 heteroatoms. The summed E-state index contributed by atoms with van der Waals surface area (Å²) in [5, 5.41) is 0. The van der Waals surface area contributed by atoms with Crippen LogP contribution in [-0.2, 0) is 16.1 Å². The Bertz CT molecular complexity index is 434. The van der Waals surface area contributed by atoms with Crippen LogP contribution >= 0.6 is 0 Å². The second-order valence-electron chi connectivity index (χ2n) is 5.15. The minimum atomic E-state index is -0.484. The van der Waals surface area contributed by atoms with Crippen molar-refractivity contribution in [2.24, 2.45) is 11.5 Å². The van der Waals surface area contributed by atoms with Crippen LogP contribution < -0.4 is 11.5 Å². The number of amides is 2. The van der Waals surface area contributed by atoms with Crippen LogP contribution in [-0.4, -0.2) is 29.8 Å². The fourth-order valence-electron chi connectivity index (χ4n) is 2.16. The summed E-state index contributed by atoms with van der Waals surface area (Å²) in [5.41, 5.74) is 11.7. The lowest BCUT2D eigenvalue weighted by Gasteiger charge is -2.21. The van der Waals surface area contributed by atoms with Crippen molar-refractivity contribution in [3.63, 3.8) is 0 Å². The molecule has 1 aromatic rings. The third-order valence-electron chi connectivity index (χ3n) is 3.26. The standard InChI is InChI=1S/C16H25N3O2/c17-11-7-2-1-6-10-16(21)19(13-15(18)20)12-14-8-4-3-5-9-14/h3-5,8-9H,1-2,6-7,10-13,17H2,(H2,18,20). The molecule has 0 saturated heterocycles. The van der Waals surface area contributed by atoms with Gasteiger partial charge in [0.25, 0.3) is 0 Å². The largest absolute Gasteiger partial charge is 0.368 e. The highest BCUT2D eigenvalue weighted by Gasteiger charge is 2.15. The molecule has 0 heterocycles. The van der Waals surface area contributed by atoms with Crippen LogP contribution in [0.2, 0.25) is 0 Å². The molecule has 0 bridgehead atoms. The van der Waals surface area contributed by atoms with E-state index in [0.717, 1.165) is 31.2 Å². The van der Waals surface area contributed by atoms with E-state index >= 15 is 0 Å². The lowest BCUT2D eigenvalue weighted by atomic mass is 10.1. The van der Waals surface area contributed by atoms with Crippen molar-refractivity contribution in [3.05, 3.63) is 35.9 Å². The van der Waals surface area contributed by atoms with Gasteiger partial charge in [0.2, 0.25) is 11.8 Å². The van der Waals surface area contributed by atoms with Crippen molar-refractivity contribution in [2.75, 3.05) is 13.1 Å². The molecule has 21 heavy (non-hydrogen) atoms. The predicted molar refractivity (Wildman–Crippen MR) is 83.2 cm³/mol. The van der Waals surface area contributed by atoms with E-state index in [0.29, 0.717) is 19.5 Å². The van der Waals surface area contributed by atoms with Gasteiger partial charge in [-0.05, 0) is 24.9 Å². The zero-order valence-electron chi connectivity index (χ0n) is 12.5. The van der Waals surface area contributed by atoms with Crippen molar-refractivity contribution < 1.29 is 9.59 Å². The van der Waals surface area contributed by atoms with Gasteiger partial charge >= 0.3 is 0 Å². The van der Waals surface area contributed by atoms with Gasteiger partial charge in [-0.3, -0.25) is 9.59 Å². The van der Waals surface area contributed by atoms with E-state index in [4.69, 9.17) is 11.5 Å². The zero-order chi connectivity index (χ0) is 15.5. The molecule has 0 unspecified atom stereocenters. The maximum Gasteiger partial charge on any atom is 0.237 e. The molecule has 5 nitrogen and oxygen atoms in total. The van der Waals surface area contributed by atoms with Gasteiger partial charge < -0.3 is 16.4 Å². The number of unbranched alkanes of at least 4 members (excludes halogenated alkanes) is 3. The molecular weight excluding hydrogens is 266 g/mol. The smallest absolute Gasteiger partial charge is 0.237 e. The number of hydrogen-bond donors (Lipinski definition) is 2. The van der Waals surface area contributed by atoms with E-state index in [1.807, 2.05) is 30.3 Å². The molecular formula is C16H25N3O2. The average Bonchev–Trinajstić information content (AvgIpc) is 2.47. The minimum absolute atomic E-state index is 0.0228. The van der Waals surface area contributed by atoms with Crippen LogP contribution in [0.15, 0.2) is 30.3 Å². The first-order valence-electron chi connectivity index (χ1n) is 7.43. The summed E-state index contributed by atoms with van der Waals surface area (Å²) in [6.45, 7) is 1.08.